The molecule has 146 valence electrons. The van der Waals surface area contributed by atoms with Crippen LogP contribution in [0.2, 0.25) is 5.02 Å². The topological polar surface area (TPSA) is 94.6 Å². The van der Waals surface area contributed by atoms with Crippen molar-refractivity contribution in [2.75, 3.05) is 24.0 Å². The first-order chi connectivity index (χ1) is 11.7. The van der Waals surface area contributed by atoms with E-state index in [9.17, 15) is 21.6 Å². The summed E-state index contributed by atoms with van der Waals surface area (Å²) in [6.45, 7) is 3.38. The molecule has 2 rings (SSSR count). The van der Waals surface area contributed by atoms with Gasteiger partial charge in [-0.3, -0.25) is 4.79 Å². The summed E-state index contributed by atoms with van der Waals surface area (Å²) in [5.41, 5.74) is -2.13. The van der Waals surface area contributed by atoms with Gasteiger partial charge in [-0.15, -0.1) is 0 Å². The quantitative estimate of drug-likeness (QED) is 0.699. The molecule has 6 nitrogen and oxygen atoms in total. The molecule has 9 heteroatoms. The number of ether oxygens (including phenoxy) is 1. The Balaban J connectivity index is 2.60. The average Bonchev–Trinajstić information content (AvgIpc) is 2.45. The molecule has 0 aliphatic carbocycles. The van der Waals surface area contributed by atoms with Gasteiger partial charge in [-0.05, 0) is 44.9 Å². The molecule has 0 saturated carbocycles. The number of benzene rings is 1. The van der Waals surface area contributed by atoms with E-state index in [1.165, 1.54) is 6.07 Å². The molecule has 0 unspecified atom stereocenters. The average molecular weight is 423 g/mol. The zero-order valence-electron chi connectivity index (χ0n) is 15.2. The third kappa shape index (κ3) is 4.40. The molecule has 0 radical (unpaired) electrons. The molecule has 1 aromatic rings. The number of Topliss-reactive ketones (excluding diaryl/α,β-unsaturated/α-hetero) is 1. The Morgan fingerprint density at radius 2 is 1.50 bits per heavy atom. The van der Waals surface area contributed by atoms with Crippen molar-refractivity contribution in [3.63, 3.8) is 0 Å². The van der Waals surface area contributed by atoms with Crippen molar-refractivity contribution in [1.82, 2.24) is 0 Å². The molecule has 0 saturated heterocycles. The molecule has 0 aromatic heterocycles. The Kier molecular flexibility index (Phi) is 5.54. The highest BCUT2D eigenvalue weighted by Crippen LogP contribution is 2.50. The van der Waals surface area contributed by atoms with E-state index in [4.69, 9.17) is 16.3 Å². The molecule has 1 aliphatic heterocycles. The summed E-state index contributed by atoms with van der Waals surface area (Å²) in [4.78, 5) is 13.4. The van der Waals surface area contributed by atoms with Crippen molar-refractivity contribution in [2.45, 2.75) is 32.3 Å². The predicted molar refractivity (Wildman–Crippen MR) is 102 cm³/mol. The van der Waals surface area contributed by atoms with Crippen LogP contribution in [0.25, 0.3) is 0 Å². The molecule has 0 N–H and O–H groups in total. The molecule has 1 aliphatic rings. The first kappa shape index (κ1) is 21.2. The Morgan fingerprint density at radius 1 is 1.00 bits per heavy atom. The first-order valence-corrected chi connectivity index (χ1v) is 12.6. The Hall–Kier alpha value is -1.12. The van der Waals surface area contributed by atoms with E-state index in [0.717, 1.165) is 12.5 Å². The zero-order chi connectivity index (χ0) is 20.0. The highest BCUT2D eigenvalue weighted by atomic mass is 35.5. The van der Waals surface area contributed by atoms with Crippen LogP contribution in [-0.2, 0) is 19.7 Å². The summed E-state index contributed by atoms with van der Waals surface area (Å²) in [5, 5.41) is 0.348. The van der Waals surface area contributed by atoms with Crippen molar-refractivity contribution in [1.29, 1.82) is 0 Å². The van der Waals surface area contributed by atoms with E-state index in [2.05, 4.69) is 0 Å². The number of halogens is 1. The lowest BCUT2D eigenvalue weighted by Gasteiger charge is -2.49. The lowest BCUT2D eigenvalue weighted by atomic mass is 9.63. The maximum Gasteiger partial charge on any atom is 0.176 e. The number of ketones is 1. The summed E-state index contributed by atoms with van der Waals surface area (Å²) < 4.78 is 53.0. The van der Waals surface area contributed by atoms with Gasteiger partial charge in [-0.1, -0.05) is 11.6 Å². The van der Waals surface area contributed by atoms with E-state index in [1.54, 1.807) is 26.0 Å². The summed E-state index contributed by atoms with van der Waals surface area (Å²) in [6.07, 6.45) is 2.12. The fourth-order valence-corrected chi connectivity index (χ4v) is 4.96. The minimum absolute atomic E-state index is 0.0286. The Labute approximate surface area is 159 Å². The monoisotopic (exact) mass is 422 g/mol. The molecule has 26 heavy (non-hydrogen) atoms. The van der Waals surface area contributed by atoms with Crippen LogP contribution in [0.3, 0.4) is 0 Å². The number of carbonyl (C=O) groups is 1. The molecule has 0 spiro atoms. The zero-order valence-corrected chi connectivity index (χ0v) is 17.6. The van der Waals surface area contributed by atoms with Crippen molar-refractivity contribution in [2.24, 2.45) is 5.41 Å². The molecular formula is C17H23ClO6S2. The van der Waals surface area contributed by atoms with Crippen LogP contribution < -0.4 is 4.74 Å². The summed E-state index contributed by atoms with van der Waals surface area (Å²) >= 11 is 6.01. The Bertz CT molecular complexity index is 896. The third-order valence-electron chi connectivity index (χ3n) is 4.94. The van der Waals surface area contributed by atoms with Crippen LogP contribution in [0.5, 0.6) is 5.75 Å². The van der Waals surface area contributed by atoms with Crippen LogP contribution in [0.15, 0.2) is 18.2 Å². The Morgan fingerprint density at radius 3 is 1.96 bits per heavy atom. The van der Waals surface area contributed by atoms with Crippen molar-refractivity contribution < 1.29 is 26.4 Å². The van der Waals surface area contributed by atoms with Gasteiger partial charge < -0.3 is 4.74 Å². The van der Waals surface area contributed by atoms with Crippen LogP contribution in [-0.4, -0.2) is 52.2 Å². The SMILES string of the molecule is CC1(C)Oc2ccc(Cl)cc2C(=O)C1(CCS(C)(=O)=O)CCS(C)(=O)=O. The van der Waals surface area contributed by atoms with Gasteiger partial charge in [-0.25, -0.2) is 16.8 Å². The molecule has 0 bridgehead atoms. The van der Waals surface area contributed by atoms with Gasteiger partial charge >= 0.3 is 0 Å². The molecule has 1 heterocycles. The van der Waals surface area contributed by atoms with Crippen LogP contribution in [0.1, 0.15) is 37.0 Å². The predicted octanol–water partition coefficient (Wildman–Crippen LogP) is 2.55. The highest BCUT2D eigenvalue weighted by molar-refractivity contribution is 7.90. The summed E-state index contributed by atoms with van der Waals surface area (Å²) in [5.74, 6) is -0.464. The fraction of sp³-hybridized carbons (Fsp3) is 0.588. The van der Waals surface area contributed by atoms with Gasteiger partial charge in [0.15, 0.2) is 5.78 Å². The molecular weight excluding hydrogens is 400 g/mol. The van der Waals surface area contributed by atoms with E-state index >= 15 is 0 Å². The van der Waals surface area contributed by atoms with Gasteiger partial charge in [0, 0.05) is 17.5 Å². The van der Waals surface area contributed by atoms with Gasteiger partial charge in [0.25, 0.3) is 0 Å². The molecule has 1 aromatic carbocycles. The van der Waals surface area contributed by atoms with E-state index in [1.807, 2.05) is 0 Å². The second kappa shape index (κ2) is 6.80. The summed E-state index contributed by atoms with van der Waals surface area (Å²) in [7, 11) is -6.72. The van der Waals surface area contributed by atoms with Crippen molar-refractivity contribution in [3.8, 4) is 5.75 Å². The van der Waals surface area contributed by atoms with Crippen LogP contribution >= 0.6 is 11.6 Å². The van der Waals surface area contributed by atoms with Crippen molar-refractivity contribution >= 4 is 37.1 Å². The summed E-state index contributed by atoms with van der Waals surface area (Å²) in [6, 6.07) is 4.67. The minimum Gasteiger partial charge on any atom is -0.486 e. The second-order valence-corrected chi connectivity index (χ2v) is 12.4. The van der Waals surface area contributed by atoms with E-state index in [-0.39, 0.29) is 35.7 Å². The van der Waals surface area contributed by atoms with E-state index < -0.39 is 30.7 Å². The standard InChI is InChI=1S/C17H23ClO6S2/c1-16(2)17(7-9-25(3,20)21,8-10-26(4,22)23)15(19)13-11-12(18)5-6-14(13)24-16/h5-6,11H,7-10H2,1-4H3. The van der Waals surface area contributed by atoms with E-state index in [0.29, 0.717) is 10.8 Å². The molecule has 0 fully saturated rings. The number of sulfone groups is 2. The normalized spacial score (nSPS) is 18.9. The first-order valence-electron chi connectivity index (χ1n) is 8.06. The van der Waals surface area contributed by atoms with Crippen LogP contribution in [0.4, 0.5) is 0 Å². The largest absolute Gasteiger partial charge is 0.486 e. The highest BCUT2D eigenvalue weighted by Gasteiger charge is 2.56. The number of carbonyl (C=O) groups excluding carboxylic acids is 1. The smallest absolute Gasteiger partial charge is 0.176 e. The number of hydrogen-bond acceptors (Lipinski definition) is 6. The third-order valence-corrected chi connectivity index (χ3v) is 7.06. The minimum atomic E-state index is -3.36. The van der Waals surface area contributed by atoms with Gasteiger partial charge in [0.2, 0.25) is 0 Å². The molecule has 0 atom stereocenters. The van der Waals surface area contributed by atoms with Crippen LogP contribution in [0, 0.1) is 5.41 Å². The van der Waals surface area contributed by atoms with Crippen molar-refractivity contribution in [3.05, 3.63) is 28.8 Å². The van der Waals surface area contributed by atoms with Gasteiger partial charge in [0.05, 0.1) is 22.5 Å². The second-order valence-electron chi connectivity index (χ2n) is 7.42. The number of hydrogen-bond donors (Lipinski definition) is 0. The number of fused-ring (bicyclic) bond motifs is 1. The molecule has 0 amide bonds. The number of rotatable bonds is 6. The fourth-order valence-electron chi connectivity index (χ4n) is 3.35. The van der Waals surface area contributed by atoms with Gasteiger partial charge in [-0.2, -0.15) is 0 Å². The maximum atomic E-state index is 13.4. The lowest BCUT2D eigenvalue weighted by Crippen LogP contribution is -2.57. The van der Waals surface area contributed by atoms with Gasteiger partial charge in [0.1, 0.15) is 31.0 Å². The maximum absolute atomic E-state index is 13.4. The lowest BCUT2D eigenvalue weighted by molar-refractivity contribution is -0.0324.